The summed E-state index contributed by atoms with van der Waals surface area (Å²) in [7, 11) is 0. The topological polar surface area (TPSA) is 260 Å². The number of benzene rings is 3. The fraction of sp³-hybridized carbons (Fsp3) is 0.359. The van der Waals surface area contributed by atoms with Crippen molar-refractivity contribution in [1.82, 2.24) is 21.3 Å². The van der Waals surface area contributed by atoms with E-state index in [-0.39, 0.29) is 24.0 Å². The van der Waals surface area contributed by atoms with Crippen LogP contribution in [-0.4, -0.2) is 87.8 Å². The van der Waals surface area contributed by atoms with Crippen LogP contribution in [0.15, 0.2) is 60.7 Å². The maximum Gasteiger partial charge on any atom is 0.339 e. The number of aromatic hydroxyl groups is 1. The second kappa shape index (κ2) is 20.1. The van der Waals surface area contributed by atoms with E-state index in [0.29, 0.717) is 16.7 Å². The standard InChI is InChI=1S/C39H45N5O12/c1-21(2)36(38(52)42-27(18-34(49)50)31(46)20-56-39(53)35-23(4)7-6-8-24(35)5)43-37(51)28(15-25-11-9-22(3)10-12-25)41-33(48)19-40-32(47)17-26-13-14-30(45)29(16-26)44(54)55/h6-14,16,21,27-28,36,45H,15,17-20H2,1-5H3,(H,40,47)(H,41,48)(H,42,52)(H,43,51)(H,49,50)/t27-,28-,36-/m0/s1. The third-order valence-corrected chi connectivity index (χ3v) is 8.62. The van der Waals surface area contributed by atoms with E-state index in [0.717, 1.165) is 17.7 Å². The van der Waals surface area contributed by atoms with Crippen LogP contribution in [-0.2, 0) is 46.3 Å². The number of nitro groups is 1. The number of nitro benzene ring substituents is 1. The zero-order chi connectivity index (χ0) is 41.7. The summed E-state index contributed by atoms with van der Waals surface area (Å²) in [6, 6.07) is 11.4. The Labute approximate surface area is 322 Å². The predicted molar refractivity (Wildman–Crippen MR) is 200 cm³/mol. The Balaban J connectivity index is 1.72. The molecule has 6 N–H and O–H groups in total. The van der Waals surface area contributed by atoms with Crippen LogP contribution in [0, 0.1) is 36.8 Å². The van der Waals surface area contributed by atoms with E-state index < -0.39 is 101 Å². The molecule has 56 heavy (non-hydrogen) atoms. The molecule has 17 heteroatoms. The van der Waals surface area contributed by atoms with Gasteiger partial charge in [-0.15, -0.1) is 0 Å². The predicted octanol–water partition coefficient (Wildman–Crippen LogP) is 2.14. The van der Waals surface area contributed by atoms with Gasteiger partial charge < -0.3 is 36.2 Å². The molecule has 3 aromatic rings. The summed E-state index contributed by atoms with van der Waals surface area (Å²) in [5.74, 6) is -7.48. The first-order valence-electron chi connectivity index (χ1n) is 17.5. The number of carboxylic acid groups (broad SMARTS) is 1. The first kappa shape index (κ1) is 43.8. The van der Waals surface area contributed by atoms with Crippen molar-refractivity contribution >= 4 is 47.0 Å². The molecule has 0 saturated heterocycles. The van der Waals surface area contributed by atoms with Crippen molar-refractivity contribution in [2.45, 2.75) is 72.0 Å². The molecule has 4 amide bonds. The summed E-state index contributed by atoms with van der Waals surface area (Å²) in [6.45, 7) is 7.00. The van der Waals surface area contributed by atoms with Gasteiger partial charge in [0.1, 0.15) is 18.1 Å². The molecular weight excluding hydrogens is 730 g/mol. The molecular formula is C39H45N5O12. The number of ether oxygens (including phenoxy) is 1. The van der Waals surface area contributed by atoms with Crippen molar-refractivity contribution in [2.75, 3.05) is 13.2 Å². The summed E-state index contributed by atoms with van der Waals surface area (Å²) in [4.78, 5) is 101. The van der Waals surface area contributed by atoms with Crippen LogP contribution >= 0.6 is 0 Å². The lowest BCUT2D eigenvalue weighted by Crippen LogP contribution is -2.58. The second-order valence-corrected chi connectivity index (χ2v) is 13.5. The molecule has 0 aromatic heterocycles. The highest BCUT2D eigenvalue weighted by Gasteiger charge is 2.33. The number of aryl methyl sites for hydroxylation is 3. The van der Waals surface area contributed by atoms with Gasteiger partial charge in [-0.1, -0.05) is 67.9 Å². The highest BCUT2D eigenvalue weighted by atomic mass is 16.6. The van der Waals surface area contributed by atoms with Gasteiger partial charge in [0.2, 0.25) is 23.6 Å². The number of rotatable bonds is 19. The fourth-order valence-electron chi connectivity index (χ4n) is 5.58. The molecule has 3 aromatic carbocycles. The Morgan fingerprint density at radius 3 is 2.02 bits per heavy atom. The molecule has 0 saturated carbocycles. The maximum atomic E-state index is 13.7. The highest BCUT2D eigenvalue weighted by Crippen LogP contribution is 2.26. The van der Waals surface area contributed by atoms with E-state index in [9.17, 15) is 53.9 Å². The Morgan fingerprint density at radius 2 is 1.43 bits per heavy atom. The van der Waals surface area contributed by atoms with Crippen LogP contribution in [0.25, 0.3) is 0 Å². The molecule has 3 rings (SSSR count). The number of Topliss-reactive ketones (excluding diaryl/α,β-unsaturated/α-hetero) is 1. The van der Waals surface area contributed by atoms with Crippen LogP contribution in [0.1, 0.15) is 58.4 Å². The van der Waals surface area contributed by atoms with E-state index in [2.05, 4.69) is 21.3 Å². The number of phenolic OH excluding ortho intramolecular Hbond substituents is 1. The van der Waals surface area contributed by atoms with Crippen LogP contribution in [0.4, 0.5) is 5.69 Å². The van der Waals surface area contributed by atoms with Crippen molar-refractivity contribution in [3.8, 4) is 5.75 Å². The molecule has 298 valence electrons. The van der Waals surface area contributed by atoms with Gasteiger partial charge >= 0.3 is 17.6 Å². The molecule has 0 spiro atoms. The Kier molecular flexibility index (Phi) is 15.7. The quantitative estimate of drug-likeness (QED) is 0.0582. The minimum atomic E-state index is -1.62. The zero-order valence-electron chi connectivity index (χ0n) is 31.5. The molecule has 0 aliphatic heterocycles. The van der Waals surface area contributed by atoms with E-state index in [1.54, 1.807) is 70.2 Å². The van der Waals surface area contributed by atoms with Gasteiger partial charge in [0.15, 0.2) is 18.1 Å². The molecule has 0 unspecified atom stereocenters. The van der Waals surface area contributed by atoms with E-state index in [4.69, 9.17) is 4.74 Å². The largest absolute Gasteiger partial charge is 0.502 e. The monoisotopic (exact) mass is 775 g/mol. The Bertz CT molecular complexity index is 1960. The van der Waals surface area contributed by atoms with Crippen molar-refractivity contribution in [3.05, 3.63) is 104 Å². The average molecular weight is 776 g/mol. The summed E-state index contributed by atoms with van der Waals surface area (Å²) in [5, 5.41) is 40.1. The van der Waals surface area contributed by atoms with E-state index in [1.165, 1.54) is 6.07 Å². The number of esters is 1. The minimum absolute atomic E-state index is 0.0404. The number of amides is 4. The van der Waals surface area contributed by atoms with Crippen LogP contribution in [0.2, 0.25) is 0 Å². The number of nitrogens with zero attached hydrogens (tertiary/aromatic N) is 1. The molecule has 0 heterocycles. The van der Waals surface area contributed by atoms with Crippen molar-refractivity contribution in [3.63, 3.8) is 0 Å². The molecule has 0 radical (unpaired) electrons. The molecule has 0 aliphatic carbocycles. The number of hydrogen-bond acceptors (Lipinski definition) is 11. The number of phenols is 1. The lowest BCUT2D eigenvalue weighted by molar-refractivity contribution is -0.385. The molecule has 3 atom stereocenters. The number of ketones is 1. The first-order valence-corrected chi connectivity index (χ1v) is 17.5. The average Bonchev–Trinajstić information content (AvgIpc) is 3.12. The van der Waals surface area contributed by atoms with Crippen molar-refractivity contribution < 1.29 is 53.4 Å². The normalized spacial score (nSPS) is 12.4. The number of carbonyl (C=O) groups is 7. The van der Waals surface area contributed by atoms with Crippen molar-refractivity contribution in [2.24, 2.45) is 5.92 Å². The van der Waals surface area contributed by atoms with Gasteiger partial charge in [-0.05, 0) is 55.0 Å². The highest BCUT2D eigenvalue weighted by molar-refractivity contribution is 5.98. The van der Waals surface area contributed by atoms with Crippen LogP contribution in [0.3, 0.4) is 0 Å². The summed E-state index contributed by atoms with van der Waals surface area (Å²) in [5.41, 5.74) is 2.65. The lowest BCUT2D eigenvalue weighted by Gasteiger charge is -2.27. The number of nitrogens with one attached hydrogen (secondary N) is 4. The first-order chi connectivity index (χ1) is 26.4. The van der Waals surface area contributed by atoms with Gasteiger partial charge in [-0.2, -0.15) is 0 Å². The minimum Gasteiger partial charge on any atom is -0.502 e. The molecule has 0 bridgehead atoms. The Morgan fingerprint density at radius 1 is 0.804 bits per heavy atom. The molecule has 0 fully saturated rings. The number of aliphatic carboxylic acids is 1. The van der Waals surface area contributed by atoms with E-state index in [1.807, 2.05) is 6.92 Å². The SMILES string of the molecule is Cc1ccc(C[C@H](NC(=O)CNC(=O)Cc2ccc(O)c([N+](=O)[O-])c2)C(=O)N[C@H](C(=O)N[C@@H](CC(=O)O)C(=O)COC(=O)c2c(C)cccc2C)C(C)C)cc1. The maximum absolute atomic E-state index is 13.7. The van der Waals surface area contributed by atoms with Gasteiger partial charge in [-0.25, -0.2) is 4.79 Å². The summed E-state index contributed by atoms with van der Waals surface area (Å²) < 4.78 is 5.18. The van der Waals surface area contributed by atoms with Gasteiger partial charge in [0.05, 0.1) is 29.9 Å². The Hall–Kier alpha value is -6.65. The fourth-order valence-corrected chi connectivity index (χ4v) is 5.58. The lowest BCUT2D eigenvalue weighted by atomic mass is 9.99. The zero-order valence-corrected chi connectivity index (χ0v) is 31.5. The third kappa shape index (κ3) is 13.0. The second-order valence-electron chi connectivity index (χ2n) is 13.5. The summed E-state index contributed by atoms with van der Waals surface area (Å²) >= 11 is 0. The van der Waals surface area contributed by atoms with Crippen LogP contribution < -0.4 is 21.3 Å². The molecule has 0 aliphatic rings. The van der Waals surface area contributed by atoms with Gasteiger partial charge in [0.25, 0.3) is 0 Å². The van der Waals surface area contributed by atoms with Gasteiger partial charge in [0, 0.05) is 12.5 Å². The number of hydrogen-bond donors (Lipinski definition) is 6. The smallest absolute Gasteiger partial charge is 0.339 e. The number of carbonyl (C=O) groups excluding carboxylic acids is 6. The summed E-state index contributed by atoms with van der Waals surface area (Å²) in [6.07, 6.45) is -1.24. The third-order valence-electron chi connectivity index (χ3n) is 8.62. The van der Waals surface area contributed by atoms with Gasteiger partial charge in [-0.3, -0.25) is 38.9 Å². The van der Waals surface area contributed by atoms with E-state index >= 15 is 0 Å². The van der Waals surface area contributed by atoms with Crippen LogP contribution in [0.5, 0.6) is 5.75 Å². The van der Waals surface area contributed by atoms with Crippen molar-refractivity contribution in [1.29, 1.82) is 0 Å². The number of carboxylic acids is 1. The molecule has 17 nitrogen and oxygen atoms in total.